The van der Waals surface area contributed by atoms with Gasteiger partial charge in [-0.3, -0.25) is 4.79 Å². The Hall–Kier alpha value is -2.39. The molecule has 2 bridgehead atoms. The maximum atomic E-state index is 13.5. The lowest BCUT2D eigenvalue weighted by molar-refractivity contribution is 0.0916. The van der Waals surface area contributed by atoms with Crippen molar-refractivity contribution in [2.24, 2.45) is 17.8 Å². The first-order valence-electron chi connectivity index (χ1n) is 11.0. The Labute approximate surface area is 182 Å². The maximum absolute atomic E-state index is 13.5. The molecule has 3 nitrogen and oxygen atoms in total. The number of aromatic nitrogens is 1. The molecule has 2 aliphatic rings. The number of carbonyl (C=O) groups excluding carboxylic acids is 1. The third-order valence-electron chi connectivity index (χ3n) is 7.25. The lowest BCUT2D eigenvalue weighted by atomic mass is 9.84. The van der Waals surface area contributed by atoms with E-state index in [9.17, 15) is 4.79 Å². The highest BCUT2D eigenvalue weighted by molar-refractivity contribution is 6.30. The Bertz CT molecular complexity index is 1130. The summed E-state index contributed by atoms with van der Waals surface area (Å²) in [6.07, 6.45) is 5.31. The van der Waals surface area contributed by atoms with E-state index in [1.807, 2.05) is 55.5 Å². The predicted molar refractivity (Wildman–Crippen MR) is 123 cm³/mol. The van der Waals surface area contributed by atoms with Crippen molar-refractivity contribution >= 4 is 28.4 Å². The van der Waals surface area contributed by atoms with Gasteiger partial charge in [0, 0.05) is 22.0 Å². The first-order valence-corrected chi connectivity index (χ1v) is 11.3. The molecule has 2 aliphatic carbocycles. The number of hydrogen-bond donors (Lipinski definition) is 1. The average Bonchev–Trinajstić information content (AvgIpc) is 3.37. The predicted octanol–water partition coefficient (Wildman–Crippen LogP) is 6.42. The smallest absolute Gasteiger partial charge is 0.252 e. The Morgan fingerprint density at radius 2 is 1.97 bits per heavy atom. The summed E-state index contributed by atoms with van der Waals surface area (Å²) >= 11 is 6.23. The Morgan fingerprint density at radius 1 is 1.13 bits per heavy atom. The molecule has 1 amide bonds. The first-order chi connectivity index (χ1) is 14.5. The van der Waals surface area contributed by atoms with Gasteiger partial charge in [0.25, 0.3) is 5.91 Å². The van der Waals surface area contributed by atoms with E-state index in [4.69, 9.17) is 16.6 Å². The van der Waals surface area contributed by atoms with Crippen LogP contribution < -0.4 is 5.32 Å². The van der Waals surface area contributed by atoms with E-state index in [1.165, 1.54) is 25.7 Å². The average molecular weight is 419 g/mol. The van der Waals surface area contributed by atoms with Crippen LogP contribution in [0.5, 0.6) is 0 Å². The normalized spacial score (nSPS) is 23.6. The van der Waals surface area contributed by atoms with Gasteiger partial charge >= 0.3 is 0 Å². The number of pyridine rings is 1. The van der Waals surface area contributed by atoms with E-state index in [0.29, 0.717) is 10.9 Å². The van der Waals surface area contributed by atoms with Crippen LogP contribution in [0.1, 0.15) is 48.5 Å². The molecule has 4 atom stereocenters. The van der Waals surface area contributed by atoms with Crippen LogP contribution in [0.2, 0.25) is 5.02 Å². The molecule has 5 rings (SSSR count). The van der Waals surface area contributed by atoms with Crippen LogP contribution in [0.15, 0.2) is 48.5 Å². The van der Waals surface area contributed by atoms with Gasteiger partial charge in [-0.15, -0.1) is 0 Å². The van der Waals surface area contributed by atoms with Crippen LogP contribution in [0, 0.1) is 24.7 Å². The van der Waals surface area contributed by atoms with Crippen molar-refractivity contribution in [1.82, 2.24) is 10.3 Å². The number of benzene rings is 2. The number of amides is 1. The molecule has 4 heteroatoms. The van der Waals surface area contributed by atoms with Crippen molar-refractivity contribution in [3.63, 3.8) is 0 Å². The highest BCUT2D eigenvalue weighted by Crippen LogP contribution is 2.49. The molecule has 1 heterocycles. The summed E-state index contributed by atoms with van der Waals surface area (Å²) in [5.41, 5.74) is 4.20. The van der Waals surface area contributed by atoms with Crippen LogP contribution in [-0.2, 0) is 0 Å². The molecule has 3 aromatic rings. The maximum Gasteiger partial charge on any atom is 0.252 e. The second-order valence-electron chi connectivity index (χ2n) is 9.09. The summed E-state index contributed by atoms with van der Waals surface area (Å²) in [4.78, 5) is 18.4. The molecule has 0 radical (unpaired) electrons. The molecule has 154 valence electrons. The second kappa shape index (κ2) is 7.70. The summed E-state index contributed by atoms with van der Waals surface area (Å²) < 4.78 is 0. The molecule has 0 spiro atoms. The molecule has 2 aromatic carbocycles. The van der Waals surface area contributed by atoms with E-state index in [-0.39, 0.29) is 11.9 Å². The fourth-order valence-electron chi connectivity index (χ4n) is 5.81. The van der Waals surface area contributed by atoms with Gasteiger partial charge in [0.1, 0.15) is 0 Å². The van der Waals surface area contributed by atoms with Crippen LogP contribution in [-0.4, -0.2) is 16.9 Å². The summed E-state index contributed by atoms with van der Waals surface area (Å²) in [6, 6.07) is 15.8. The minimum absolute atomic E-state index is 0.00431. The number of hydrogen-bond acceptors (Lipinski definition) is 2. The van der Waals surface area contributed by atoms with Crippen LogP contribution in [0.25, 0.3) is 22.2 Å². The molecular weight excluding hydrogens is 392 g/mol. The molecule has 1 N–H and O–H groups in total. The summed E-state index contributed by atoms with van der Waals surface area (Å²) in [5, 5.41) is 4.92. The van der Waals surface area contributed by atoms with Crippen molar-refractivity contribution in [3.8, 4) is 11.3 Å². The highest BCUT2D eigenvalue weighted by Gasteiger charge is 2.42. The third kappa shape index (κ3) is 3.39. The largest absolute Gasteiger partial charge is 0.349 e. The molecule has 2 saturated carbocycles. The SMILES string of the molecule is Cc1c(-c2cccc(Cl)c2)nc2ccccc2c1C(=O)N[C@@H](C)[C@H]1C[C@@H]2CC[C@@H]1C2. The van der Waals surface area contributed by atoms with Crippen LogP contribution in [0.4, 0.5) is 0 Å². The Morgan fingerprint density at radius 3 is 2.70 bits per heavy atom. The molecule has 0 saturated heterocycles. The molecule has 0 unspecified atom stereocenters. The van der Waals surface area contributed by atoms with Crippen LogP contribution >= 0.6 is 11.6 Å². The minimum atomic E-state index is 0.00431. The number of para-hydroxylation sites is 1. The number of rotatable bonds is 4. The summed E-state index contributed by atoms with van der Waals surface area (Å²) in [6.45, 7) is 4.17. The third-order valence-corrected chi connectivity index (χ3v) is 7.49. The quantitative estimate of drug-likeness (QED) is 0.531. The van der Waals surface area contributed by atoms with Gasteiger partial charge in [0.15, 0.2) is 0 Å². The molecule has 2 fully saturated rings. The summed E-state index contributed by atoms with van der Waals surface area (Å²) in [5.74, 6) is 2.26. The topological polar surface area (TPSA) is 42.0 Å². The minimum Gasteiger partial charge on any atom is -0.349 e. The van der Waals surface area contributed by atoms with E-state index < -0.39 is 0 Å². The van der Waals surface area contributed by atoms with Gasteiger partial charge in [-0.05, 0) is 74.6 Å². The fourth-order valence-corrected chi connectivity index (χ4v) is 6.00. The number of nitrogens with one attached hydrogen (secondary N) is 1. The molecular formula is C26H27ClN2O. The zero-order chi connectivity index (χ0) is 20.8. The fraction of sp³-hybridized carbons (Fsp3) is 0.385. The molecule has 1 aromatic heterocycles. The van der Waals surface area contributed by atoms with Crippen molar-refractivity contribution in [2.45, 2.75) is 45.6 Å². The standard InChI is InChI=1S/C26H27ClN2O/c1-15-24(26(30)28-16(2)22-13-17-10-11-18(22)12-17)21-8-3-4-9-23(21)29-25(15)19-6-5-7-20(27)14-19/h3-9,14,16-18,22H,10-13H2,1-2H3,(H,28,30)/t16-,17+,18+,22+/m0/s1. The van der Waals surface area contributed by atoms with Crippen molar-refractivity contribution in [1.29, 1.82) is 0 Å². The van der Waals surface area contributed by atoms with Gasteiger partial charge in [-0.2, -0.15) is 0 Å². The summed E-state index contributed by atoms with van der Waals surface area (Å²) in [7, 11) is 0. The van der Waals surface area contributed by atoms with Gasteiger partial charge < -0.3 is 5.32 Å². The van der Waals surface area contributed by atoms with Crippen molar-refractivity contribution in [2.75, 3.05) is 0 Å². The Kier molecular flexibility index (Phi) is 5.02. The first kappa shape index (κ1) is 19.6. The van der Waals surface area contributed by atoms with E-state index >= 15 is 0 Å². The Balaban J connectivity index is 1.54. The monoisotopic (exact) mass is 418 g/mol. The van der Waals surface area contributed by atoms with Gasteiger partial charge in [0.2, 0.25) is 0 Å². The van der Waals surface area contributed by atoms with Crippen molar-refractivity contribution in [3.05, 3.63) is 64.7 Å². The molecule has 0 aliphatic heterocycles. The van der Waals surface area contributed by atoms with E-state index in [2.05, 4.69) is 12.2 Å². The number of nitrogens with zero attached hydrogens (tertiary/aromatic N) is 1. The van der Waals surface area contributed by atoms with E-state index in [1.54, 1.807) is 0 Å². The van der Waals surface area contributed by atoms with Crippen LogP contribution in [0.3, 0.4) is 0 Å². The number of carbonyl (C=O) groups is 1. The lowest BCUT2D eigenvalue weighted by Crippen LogP contribution is -2.40. The number of halogens is 1. The zero-order valence-corrected chi connectivity index (χ0v) is 18.2. The lowest BCUT2D eigenvalue weighted by Gasteiger charge is -2.29. The van der Waals surface area contributed by atoms with Crippen molar-refractivity contribution < 1.29 is 4.79 Å². The molecule has 30 heavy (non-hydrogen) atoms. The zero-order valence-electron chi connectivity index (χ0n) is 17.5. The van der Waals surface area contributed by atoms with Gasteiger partial charge in [-0.25, -0.2) is 4.98 Å². The van der Waals surface area contributed by atoms with Gasteiger partial charge in [-0.1, -0.05) is 48.4 Å². The number of fused-ring (bicyclic) bond motifs is 3. The highest BCUT2D eigenvalue weighted by atomic mass is 35.5. The second-order valence-corrected chi connectivity index (χ2v) is 9.53. The van der Waals surface area contributed by atoms with E-state index in [0.717, 1.165) is 45.1 Å². The van der Waals surface area contributed by atoms with Gasteiger partial charge in [0.05, 0.1) is 16.8 Å².